The molecule has 0 heterocycles. The van der Waals surface area contributed by atoms with Gasteiger partial charge in [0.2, 0.25) is 0 Å². The van der Waals surface area contributed by atoms with Crippen LogP contribution in [0.25, 0.3) is 5.57 Å². The van der Waals surface area contributed by atoms with Gasteiger partial charge in [-0.05, 0) is 35.5 Å². The average molecular weight is 261 g/mol. The highest BCUT2D eigenvalue weighted by molar-refractivity contribution is 5.63. The number of nitrogens with zero attached hydrogens (tertiary/aromatic N) is 1. The number of rotatable bonds is 6. The molecule has 0 saturated carbocycles. The van der Waals surface area contributed by atoms with Crippen molar-refractivity contribution in [1.82, 2.24) is 0 Å². The maximum atomic E-state index is 9.01. The Bertz CT molecular complexity index is 578. The number of hydrogen-bond donors (Lipinski definition) is 0. The maximum absolute atomic E-state index is 9.01. The lowest BCUT2D eigenvalue weighted by atomic mass is 9.89. The second-order valence-electron chi connectivity index (χ2n) is 4.98. The van der Waals surface area contributed by atoms with Crippen molar-refractivity contribution in [2.24, 2.45) is 0 Å². The first-order valence-electron chi connectivity index (χ1n) is 6.96. The Balaban J connectivity index is 2.00. The molecule has 0 aliphatic rings. The van der Waals surface area contributed by atoms with Crippen molar-refractivity contribution in [3.8, 4) is 6.07 Å². The SMILES string of the molecule is C=C(CCC(CC#N)c1ccccc1)c1ccccc1. The van der Waals surface area contributed by atoms with Gasteiger partial charge in [-0.15, -0.1) is 0 Å². The number of nitriles is 1. The molecule has 0 N–H and O–H groups in total. The molecule has 1 unspecified atom stereocenters. The molecular weight excluding hydrogens is 242 g/mol. The molecular formula is C19H19N. The topological polar surface area (TPSA) is 23.8 Å². The van der Waals surface area contributed by atoms with Gasteiger partial charge in [-0.1, -0.05) is 67.2 Å². The van der Waals surface area contributed by atoms with Crippen molar-refractivity contribution in [3.05, 3.63) is 78.4 Å². The van der Waals surface area contributed by atoms with Crippen LogP contribution in [-0.2, 0) is 0 Å². The van der Waals surface area contributed by atoms with Crippen LogP contribution in [0.3, 0.4) is 0 Å². The molecule has 0 bridgehead atoms. The summed E-state index contributed by atoms with van der Waals surface area (Å²) >= 11 is 0. The van der Waals surface area contributed by atoms with Gasteiger partial charge < -0.3 is 0 Å². The van der Waals surface area contributed by atoms with E-state index < -0.39 is 0 Å². The van der Waals surface area contributed by atoms with E-state index in [0.29, 0.717) is 12.3 Å². The monoisotopic (exact) mass is 261 g/mol. The second-order valence-corrected chi connectivity index (χ2v) is 4.98. The Kier molecular flexibility index (Phi) is 5.15. The second kappa shape index (κ2) is 7.31. The van der Waals surface area contributed by atoms with Crippen molar-refractivity contribution in [3.63, 3.8) is 0 Å². The van der Waals surface area contributed by atoms with Gasteiger partial charge in [0.15, 0.2) is 0 Å². The quantitative estimate of drug-likeness (QED) is 0.703. The Morgan fingerprint density at radius 3 is 2.20 bits per heavy atom. The molecule has 0 aliphatic heterocycles. The van der Waals surface area contributed by atoms with E-state index in [0.717, 1.165) is 18.4 Å². The first-order chi connectivity index (χ1) is 9.81. The van der Waals surface area contributed by atoms with E-state index in [9.17, 15) is 0 Å². The zero-order valence-electron chi connectivity index (χ0n) is 11.6. The highest BCUT2D eigenvalue weighted by Crippen LogP contribution is 2.28. The number of benzene rings is 2. The molecule has 0 spiro atoms. The van der Waals surface area contributed by atoms with Gasteiger partial charge in [0.1, 0.15) is 0 Å². The zero-order valence-corrected chi connectivity index (χ0v) is 11.6. The van der Waals surface area contributed by atoms with E-state index in [1.807, 2.05) is 36.4 Å². The van der Waals surface area contributed by atoms with E-state index >= 15 is 0 Å². The van der Waals surface area contributed by atoms with Crippen LogP contribution in [0.1, 0.15) is 36.3 Å². The van der Waals surface area contributed by atoms with Gasteiger partial charge in [0.25, 0.3) is 0 Å². The Morgan fingerprint density at radius 2 is 1.60 bits per heavy atom. The zero-order chi connectivity index (χ0) is 14.2. The van der Waals surface area contributed by atoms with Crippen molar-refractivity contribution in [1.29, 1.82) is 5.26 Å². The number of allylic oxidation sites excluding steroid dienone is 1. The fourth-order valence-corrected chi connectivity index (χ4v) is 2.39. The molecule has 20 heavy (non-hydrogen) atoms. The average Bonchev–Trinajstić information content (AvgIpc) is 2.53. The summed E-state index contributed by atoms with van der Waals surface area (Å²) in [5.41, 5.74) is 3.58. The summed E-state index contributed by atoms with van der Waals surface area (Å²) in [4.78, 5) is 0. The minimum absolute atomic E-state index is 0.293. The summed E-state index contributed by atoms with van der Waals surface area (Å²) in [6, 6.07) is 22.8. The molecule has 2 aromatic carbocycles. The summed E-state index contributed by atoms with van der Waals surface area (Å²) in [5, 5.41) is 9.01. The van der Waals surface area contributed by atoms with Crippen LogP contribution in [0.4, 0.5) is 0 Å². The predicted molar refractivity (Wildman–Crippen MR) is 84.1 cm³/mol. The van der Waals surface area contributed by atoms with Gasteiger partial charge in [0, 0.05) is 6.42 Å². The van der Waals surface area contributed by atoms with E-state index in [4.69, 9.17) is 5.26 Å². The van der Waals surface area contributed by atoms with Gasteiger partial charge in [-0.25, -0.2) is 0 Å². The molecule has 100 valence electrons. The lowest BCUT2D eigenvalue weighted by molar-refractivity contribution is 0.651. The van der Waals surface area contributed by atoms with Crippen molar-refractivity contribution in [2.45, 2.75) is 25.2 Å². The van der Waals surface area contributed by atoms with Crippen LogP contribution in [-0.4, -0.2) is 0 Å². The minimum atomic E-state index is 0.293. The third-order valence-corrected chi connectivity index (χ3v) is 3.59. The molecule has 0 aliphatic carbocycles. The van der Waals surface area contributed by atoms with E-state index in [2.05, 4.69) is 36.9 Å². The lowest BCUT2D eigenvalue weighted by Gasteiger charge is -2.15. The van der Waals surface area contributed by atoms with Crippen molar-refractivity contribution >= 4 is 5.57 Å². The van der Waals surface area contributed by atoms with Gasteiger partial charge >= 0.3 is 0 Å². The third-order valence-electron chi connectivity index (χ3n) is 3.59. The molecule has 0 aromatic heterocycles. The molecule has 2 rings (SSSR count). The Hall–Kier alpha value is -2.33. The van der Waals surface area contributed by atoms with E-state index in [1.54, 1.807) is 0 Å². The molecule has 1 atom stereocenters. The fraction of sp³-hybridized carbons (Fsp3) is 0.211. The Morgan fingerprint density at radius 1 is 1.00 bits per heavy atom. The van der Waals surface area contributed by atoms with Crippen molar-refractivity contribution < 1.29 is 0 Å². The molecule has 1 heteroatoms. The van der Waals surface area contributed by atoms with Crippen molar-refractivity contribution in [2.75, 3.05) is 0 Å². The summed E-state index contributed by atoms with van der Waals surface area (Å²) in [6.45, 7) is 4.17. The first-order valence-corrected chi connectivity index (χ1v) is 6.96. The summed E-state index contributed by atoms with van der Waals surface area (Å²) in [6.07, 6.45) is 2.45. The number of hydrogen-bond acceptors (Lipinski definition) is 1. The van der Waals surface area contributed by atoms with Gasteiger partial charge in [0.05, 0.1) is 6.07 Å². The van der Waals surface area contributed by atoms with Gasteiger partial charge in [-0.2, -0.15) is 5.26 Å². The van der Waals surface area contributed by atoms with Crippen LogP contribution >= 0.6 is 0 Å². The third kappa shape index (κ3) is 3.83. The smallest absolute Gasteiger partial charge is 0.0628 e. The predicted octanol–water partition coefficient (Wildman–Crippen LogP) is 5.18. The summed E-state index contributed by atoms with van der Waals surface area (Å²) in [7, 11) is 0. The largest absolute Gasteiger partial charge is 0.198 e. The van der Waals surface area contributed by atoms with E-state index in [1.165, 1.54) is 11.1 Å². The summed E-state index contributed by atoms with van der Waals surface area (Å²) < 4.78 is 0. The van der Waals surface area contributed by atoms with Crippen LogP contribution in [0.5, 0.6) is 0 Å². The standard InChI is InChI=1S/C19H19N/c1-16(17-8-4-2-5-9-17)12-13-19(14-15-20)18-10-6-3-7-11-18/h2-11,19H,1,12-14H2. The minimum Gasteiger partial charge on any atom is -0.198 e. The normalized spacial score (nSPS) is 11.6. The van der Waals surface area contributed by atoms with Gasteiger partial charge in [-0.3, -0.25) is 0 Å². The molecule has 0 saturated heterocycles. The Labute approximate surface area is 121 Å². The van der Waals surface area contributed by atoms with Crippen LogP contribution in [0, 0.1) is 11.3 Å². The molecule has 0 radical (unpaired) electrons. The van der Waals surface area contributed by atoms with Crippen LogP contribution in [0.15, 0.2) is 67.2 Å². The molecule has 0 amide bonds. The molecule has 1 nitrogen and oxygen atoms in total. The maximum Gasteiger partial charge on any atom is 0.0628 e. The lowest BCUT2D eigenvalue weighted by Crippen LogP contribution is -1.98. The highest BCUT2D eigenvalue weighted by Gasteiger charge is 2.11. The van der Waals surface area contributed by atoms with Crippen LogP contribution < -0.4 is 0 Å². The van der Waals surface area contributed by atoms with Crippen LogP contribution in [0.2, 0.25) is 0 Å². The fourth-order valence-electron chi connectivity index (χ4n) is 2.39. The summed E-state index contributed by atoms with van der Waals surface area (Å²) in [5.74, 6) is 0.293. The molecule has 2 aromatic rings. The van der Waals surface area contributed by atoms with E-state index in [-0.39, 0.29) is 0 Å². The highest BCUT2D eigenvalue weighted by atomic mass is 14.3. The molecule has 0 fully saturated rings. The first kappa shape index (κ1) is 14.1.